The molecule has 2 aromatic heterocycles. The molecule has 2 N–H and O–H groups in total. The number of nitrogens with zero attached hydrogens (tertiary/aromatic N) is 1. The van der Waals surface area contributed by atoms with E-state index in [0.717, 1.165) is 33.4 Å². The Morgan fingerprint density at radius 2 is 2.03 bits per heavy atom. The third kappa shape index (κ3) is 4.20. The summed E-state index contributed by atoms with van der Waals surface area (Å²) in [4.78, 5) is 31.7. The van der Waals surface area contributed by atoms with E-state index >= 15 is 0 Å². The number of aromatic amines is 1. The average molecular weight is 405 g/mol. The van der Waals surface area contributed by atoms with Crippen LogP contribution in [0.3, 0.4) is 0 Å². The van der Waals surface area contributed by atoms with Crippen LogP contribution in [0.5, 0.6) is 5.75 Å². The average Bonchev–Trinajstić information content (AvgIpc) is 3.14. The fourth-order valence-electron chi connectivity index (χ4n) is 3.56. The lowest BCUT2D eigenvalue weighted by molar-refractivity contribution is -0.121. The SMILES string of the molecule is COc1cc2oc(=O)cc(C)c2cc1CCC(=O)NCCc1nc2ccccc2[nH]1. The molecule has 7 nitrogen and oxygen atoms in total. The van der Waals surface area contributed by atoms with E-state index in [4.69, 9.17) is 9.15 Å². The van der Waals surface area contributed by atoms with Crippen molar-refractivity contribution in [3.05, 3.63) is 69.8 Å². The van der Waals surface area contributed by atoms with Crippen molar-refractivity contribution in [2.75, 3.05) is 13.7 Å². The van der Waals surface area contributed by atoms with Crippen LogP contribution >= 0.6 is 0 Å². The highest BCUT2D eigenvalue weighted by Gasteiger charge is 2.12. The number of fused-ring (bicyclic) bond motifs is 2. The molecule has 0 saturated carbocycles. The molecule has 0 bridgehead atoms. The number of amides is 1. The Morgan fingerprint density at radius 1 is 1.20 bits per heavy atom. The van der Waals surface area contributed by atoms with Gasteiger partial charge < -0.3 is 19.5 Å². The zero-order valence-corrected chi connectivity index (χ0v) is 17.0. The van der Waals surface area contributed by atoms with Gasteiger partial charge in [-0.3, -0.25) is 4.79 Å². The van der Waals surface area contributed by atoms with Crippen LogP contribution < -0.4 is 15.7 Å². The summed E-state index contributed by atoms with van der Waals surface area (Å²) in [5.41, 5.74) is 3.74. The molecular weight excluding hydrogens is 382 g/mol. The van der Waals surface area contributed by atoms with Gasteiger partial charge in [0.1, 0.15) is 17.2 Å². The van der Waals surface area contributed by atoms with Crippen LogP contribution in [0, 0.1) is 6.92 Å². The topological polar surface area (TPSA) is 97.2 Å². The number of hydrogen-bond donors (Lipinski definition) is 2. The first kappa shape index (κ1) is 19.7. The Kier molecular flexibility index (Phi) is 5.52. The monoisotopic (exact) mass is 405 g/mol. The molecule has 2 aromatic carbocycles. The lowest BCUT2D eigenvalue weighted by Gasteiger charge is -2.11. The Morgan fingerprint density at radius 3 is 2.83 bits per heavy atom. The Labute approximate surface area is 173 Å². The van der Waals surface area contributed by atoms with Gasteiger partial charge in [0, 0.05) is 36.9 Å². The molecule has 0 unspecified atom stereocenters. The number of para-hydroxylation sites is 2. The van der Waals surface area contributed by atoms with Gasteiger partial charge in [-0.05, 0) is 42.7 Å². The van der Waals surface area contributed by atoms with Gasteiger partial charge in [-0.25, -0.2) is 9.78 Å². The lowest BCUT2D eigenvalue weighted by atomic mass is 10.0. The molecule has 1 amide bonds. The maximum Gasteiger partial charge on any atom is 0.336 e. The fourth-order valence-corrected chi connectivity index (χ4v) is 3.56. The van der Waals surface area contributed by atoms with Crippen LogP contribution in [0.1, 0.15) is 23.4 Å². The van der Waals surface area contributed by atoms with Crippen LogP contribution in [0.4, 0.5) is 0 Å². The van der Waals surface area contributed by atoms with Crippen molar-refractivity contribution < 1.29 is 13.9 Å². The predicted octanol–water partition coefficient (Wildman–Crippen LogP) is 3.28. The minimum atomic E-state index is -0.390. The number of imidazole rings is 1. The molecule has 30 heavy (non-hydrogen) atoms. The van der Waals surface area contributed by atoms with E-state index in [1.54, 1.807) is 13.2 Å². The summed E-state index contributed by atoms with van der Waals surface area (Å²) in [6.07, 6.45) is 1.49. The first-order valence-corrected chi connectivity index (χ1v) is 9.85. The smallest absolute Gasteiger partial charge is 0.336 e. The van der Waals surface area contributed by atoms with Crippen molar-refractivity contribution in [3.8, 4) is 5.75 Å². The molecule has 4 aromatic rings. The molecule has 0 radical (unpaired) electrons. The van der Waals surface area contributed by atoms with Gasteiger partial charge in [0.05, 0.1) is 18.1 Å². The molecule has 4 rings (SSSR count). The largest absolute Gasteiger partial charge is 0.496 e. The summed E-state index contributed by atoms with van der Waals surface area (Å²) in [5.74, 6) is 1.42. The fraction of sp³-hybridized carbons (Fsp3) is 0.261. The predicted molar refractivity (Wildman–Crippen MR) is 115 cm³/mol. The standard InChI is InChI=1S/C23H23N3O4/c1-14-11-23(28)30-20-13-19(29-2)15(12-16(14)20)7-8-22(27)24-10-9-21-25-17-5-3-4-6-18(17)26-21/h3-6,11-13H,7-10H2,1-2H3,(H,24,27)(H,25,26). The van der Waals surface area contributed by atoms with Crippen molar-refractivity contribution in [2.24, 2.45) is 0 Å². The minimum absolute atomic E-state index is 0.0374. The molecule has 0 atom stereocenters. The number of hydrogen-bond acceptors (Lipinski definition) is 5. The van der Waals surface area contributed by atoms with Crippen LogP contribution in [0.15, 0.2) is 51.7 Å². The highest BCUT2D eigenvalue weighted by atomic mass is 16.5. The number of carbonyl (C=O) groups is 1. The zero-order chi connectivity index (χ0) is 21.1. The van der Waals surface area contributed by atoms with Crippen molar-refractivity contribution in [3.63, 3.8) is 0 Å². The quantitative estimate of drug-likeness (QED) is 0.460. The van der Waals surface area contributed by atoms with Gasteiger partial charge in [0.15, 0.2) is 0 Å². The first-order chi connectivity index (χ1) is 14.5. The summed E-state index contributed by atoms with van der Waals surface area (Å²) in [7, 11) is 1.56. The summed E-state index contributed by atoms with van der Waals surface area (Å²) in [6.45, 7) is 2.37. The summed E-state index contributed by atoms with van der Waals surface area (Å²) < 4.78 is 10.7. The van der Waals surface area contributed by atoms with Gasteiger partial charge in [0.25, 0.3) is 0 Å². The van der Waals surface area contributed by atoms with Crippen LogP contribution in [0.2, 0.25) is 0 Å². The maximum absolute atomic E-state index is 12.3. The molecule has 0 aliphatic rings. The van der Waals surface area contributed by atoms with Crippen molar-refractivity contribution in [1.29, 1.82) is 0 Å². The minimum Gasteiger partial charge on any atom is -0.496 e. The zero-order valence-electron chi connectivity index (χ0n) is 17.0. The maximum atomic E-state index is 12.3. The Bertz CT molecular complexity index is 1240. The van der Waals surface area contributed by atoms with E-state index in [1.165, 1.54) is 6.07 Å². The van der Waals surface area contributed by atoms with Crippen molar-refractivity contribution >= 4 is 27.9 Å². The van der Waals surface area contributed by atoms with E-state index < -0.39 is 5.63 Å². The van der Waals surface area contributed by atoms with E-state index in [1.807, 2.05) is 37.3 Å². The molecule has 0 fully saturated rings. The van der Waals surface area contributed by atoms with Gasteiger partial charge in [-0.1, -0.05) is 12.1 Å². The van der Waals surface area contributed by atoms with Crippen LogP contribution in [0.25, 0.3) is 22.0 Å². The second-order valence-corrected chi connectivity index (χ2v) is 7.21. The van der Waals surface area contributed by atoms with Gasteiger partial charge in [-0.15, -0.1) is 0 Å². The summed E-state index contributed by atoms with van der Waals surface area (Å²) >= 11 is 0. The summed E-state index contributed by atoms with van der Waals surface area (Å²) in [6, 6.07) is 12.9. The normalized spacial score (nSPS) is 11.1. The van der Waals surface area contributed by atoms with Crippen molar-refractivity contribution in [2.45, 2.75) is 26.2 Å². The van der Waals surface area contributed by atoms with Gasteiger partial charge in [-0.2, -0.15) is 0 Å². The lowest BCUT2D eigenvalue weighted by Crippen LogP contribution is -2.26. The highest BCUT2D eigenvalue weighted by Crippen LogP contribution is 2.28. The molecule has 0 saturated heterocycles. The van der Waals surface area contributed by atoms with E-state index in [0.29, 0.717) is 37.1 Å². The van der Waals surface area contributed by atoms with E-state index in [2.05, 4.69) is 15.3 Å². The molecule has 7 heteroatoms. The van der Waals surface area contributed by atoms with E-state index in [9.17, 15) is 9.59 Å². The van der Waals surface area contributed by atoms with Gasteiger partial charge >= 0.3 is 5.63 Å². The Balaban J connectivity index is 1.37. The molecule has 2 heterocycles. The third-order valence-corrected chi connectivity index (χ3v) is 5.10. The summed E-state index contributed by atoms with van der Waals surface area (Å²) in [5, 5.41) is 3.78. The number of rotatable bonds is 7. The number of methoxy groups -OCH3 is 1. The van der Waals surface area contributed by atoms with Crippen LogP contribution in [-0.2, 0) is 17.6 Å². The van der Waals surface area contributed by atoms with Crippen molar-refractivity contribution in [1.82, 2.24) is 15.3 Å². The third-order valence-electron chi connectivity index (χ3n) is 5.10. The molecular formula is C23H23N3O4. The number of carbonyl (C=O) groups excluding carboxylic acids is 1. The number of nitrogens with one attached hydrogen (secondary N) is 2. The number of H-pyrrole nitrogens is 1. The molecule has 154 valence electrons. The molecule has 0 aliphatic heterocycles. The number of aryl methyl sites for hydroxylation is 2. The van der Waals surface area contributed by atoms with E-state index in [-0.39, 0.29) is 5.91 Å². The van der Waals surface area contributed by atoms with Crippen LogP contribution in [-0.4, -0.2) is 29.5 Å². The Hall–Kier alpha value is -3.61. The number of benzene rings is 2. The molecule has 0 aliphatic carbocycles. The highest BCUT2D eigenvalue weighted by molar-refractivity contribution is 5.83. The van der Waals surface area contributed by atoms with Gasteiger partial charge in [0.2, 0.25) is 5.91 Å². The first-order valence-electron chi connectivity index (χ1n) is 9.85. The second kappa shape index (κ2) is 8.41. The second-order valence-electron chi connectivity index (χ2n) is 7.21. The molecule has 0 spiro atoms. The number of aromatic nitrogens is 2. The number of ether oxygens (including phenoxy) is 1.